The summed E-state index contributed by atoms with van der Waals surface area (Å²) in [7, 11) is 0. The number of hydrazone groups is 1. The third-order valence-electron chi connectivity index (χ3n) is 3.30. The fourth-order valence-corrected chi connectivity index (χ4v) is 2.32. The van der Waals surface area contributed by atoms with Gasteiger partial charge >= 0.3 is 5.97 Å². The maximum atomic E-state index is 12.0. The van der Waals surface area contributed by atoms with E-state index in [-0.39, 0.29) is 23.9 Å². The maximum absolute atomic E-state index is 12.0. The Morgan fingerprint density at radius 3 is 2.71 bits per heavy atom. The van der Waals surface area contributed by atoms with Crippen LogP contribution in [0.1, 0.15) is 29.8 Å². The number of nitrogens with zero attached hydrogens (tertiary/aromatic N) is 2. The van der Waals surface area contributed by atoms with Crippen LogP contribution in [0.2, 0.25) is 5.15 Å². The summed E-state index contributed by atoms with van der Waals surface area (Å²) in [6.45, 7) is 4.02. The second-order valence-corrected chi connectivity index (χ2v) is 5.63. The van der Waals surface area contributed by atoms with Crippen LogP contribution >= 0.6 is 11.6 Å². The van der Waals surface area contributed by atoms with Gasteiger partial charge < -0.3 is 14.2 Å². The molecule has 2 aromatic rings. The first-order chi connectivity index (χ1) is 13.5. The fraction of sp³-hybridized carbons (Fsp3) is 0.263. The largest absolute Gasteiger partial charge is 0.490 e. The Bertz CT molecular complexity index is 857. The van der Waals surface area contributed by atoms with Crippen molar-refractivity contribution in [2.75, 3.05) is 19.8 Å². The van der Waals surface area contributed by atoms with Crippen molar-refractivity contribution in [1.82, 2.24) is 10.4 Å². The molecule has 0 bridgehead atoms. The minimum atomic E-state index is -0.478. The lowest BCUT2D eigenvalue weighted by molar-refractivity contribution is -0.145. The van der Waals surface area contributed by atoms with Gasteiger partial charge in [-0.1, -0.05) is 11.6 Å². The summed E-state index contributed by atoms with van der Waals surface area (Å²) >= 11 is 5.87. The van der Waals surface area contributed by atoms with Gasteiger partial charge in [0.05, 0.1) is 25.0 Å². The van der Waals surface area contributed by atoms with Gasteiger partial charge in [-0.3, -0.25) is 4.79 Å². The third-order valence-corrected chi connectivity index (χ3v) is 3.60. The maximum Gasteiger partial charge on any atom is 0.344 e. The Kier molecular flexibility index (Phi) is 8.23. The van der Waals surface area contributed by atoms with E-state index >= 15 is 0 Å². The van der Waals surface area contributed by atoms with Gasteiger partial charge in [-0.2, -0.15) is 5.10 Å². The average Bonchev–Trinajstić information content (AvgIpc) is 2.68. The van der Waals surface area contributed by atoms with Gasteiger partial charge in [-0.15, -0.1) is 0 Å². The molecule has 0 spiro atoms. The molecule has 0 aliphatic rings. The van der Waals surface area contributed by atoms with Gasteiger partial charge in [0.15, 0.2) is 18.1 Å². The molecule has 0 fully saturated rings. The quantitative estimate of drug-likeness (QED) is 0.298. The molecular weight excluding hydrogens is 386 g/mol. The van der Waals surface area contributed by atoms with Crippen LogP contribution in [0.15, 0.2) is 41.6 Å². The van der Waals surface area contributed by atoms with Crippen molar-refractivity contribution in [2.45, 2.75) is 13.8 Å². The molecule has 1 heterocycles. The number of amides is 1. The predicted molar refractivity (Wildman–Crippen MR) is 104 cm³/mol. The summed E-state index contributed by atoms with van der Waals surface area (Å²) in [5.41, 5.74) is 3.26. The zero-order chi connectivity index (χ0) is 20.4. The Morgan fingerprint density at radius 1 is 1.18 bits per heavy atom. The molecule has 2 rings (SSSR count). The highest BCUT2D eigenvalue weighted by Gasteiger charge is 2.11. The van der Waals surface area contributed by atoms with E-state index in [1.807, 2.05) is 6.92 Å². The molecule has 28 heavy (non-hydrogen) atoms. The van der Waals surface area contributed by atoms with Crippen molar-refractivity contribution < 1.29 is 23.8 Å². The molecule has 1 amide bonds. The van der Waals surface area contributed by atoms with Crippen LogP contribution in [-0.2, 0) is 9.53 Å². The lowest BCUT2D eigenvalue weighted by Gasteiger charge is -2.12. The number of carbonyl (C=O) groups is 2. The zero-order valence-electron chi connectivity index (χ0n) is 15.5. The van der Waals surface area contributed by atoms with Gasteiger partial charge in [-0.05, 0) is 49.7 Å². The molecular formula is C19H20ClN3O5. The summed E-state index contributed by atoms with van der Waals surface area (Å²) < 4.78 is 15.8. The lowest BCUT2D eigenvalue weighted by atomic mass is 10.2. The van der Waals surface area contributed by atoms with Crippen LogP contribution in [0.4, 0.5) is 0 Å². The SMILES string of the molecule is CCOC(=O)COc1ccc(C=NNC(=O)c2cccnc2Cl)cc1OCC. The van der Waals surface area contributed by atoms with E-state index in [4.69, 9.17) is 25.8 Å². The van der Waals surface area contributed by atoms with Crippen LogP contribution in [-0.4, -0.2) is 42.9 Å². The van der Waals surface area contributed by atoms with Crippen LogP contribution in [0.5, 0.6) is 11.5 Å². The molecule has 0 aliphatic carbocycles. The second kappa shape index (κ2) is 10.9. The Labute approximate surface area is 167 Å². The first-order valence-electron chi connectivity index (χ1n) is 8.54. The summed E-state index contributed by atoms with van der Waals surface area (Å²) in [6, 6.07) is 8.18. The second-order valence-electron chi connectivity index (χ2n) is 5.27. The van der Waals surface area contributed by atoms with Crippen LogP contribution in [0.3, 0.4) is 0 Å². The number of rotatable bonds is 9. The fourth-order valence-electron chi connectivity index (χ4n) is 2.11. The first kappa shape index (κ1) is 21.2. The Hall–Kier alpha value is -3.13. The van der Waals surface area contributed by atoms with E-state index in [1.54, 1.807) is 37.3 Å². The number of pyridine rings is 1. The number of hydrogen-bond acceptors (Lipinski definition) is 7. The highest BCUT2D eigenvalue weighted by molar-refractivity contribution is 6.32. The van der Waals surface area contributed by atoms with Crippen LogP contribution in [0, 0.1) is 0 Å². The summed E-state index contributed by atoms with van der Waals surface area (Å²) in [4.78, 5) is 27.3. The van der Waals surface area contributed by atoms with E-state index in [0.717, 1.165) is 0 Å². The molecule has 0 saturated carbocycles. The van der Waals surface area contributed by atoms with Crippen molar-refractivity contribution in [3.8, 4) is 11.5 Å². The number of hydrogen-bond donors (Lipinski definition) is 1. The molecule has 0 radical (unpaired) electrons. The zero-order valence-corrected chi connectivity index (χ0v) is 16.2. The third kappa shape index (κ3) is 6.24. The molecule has 9 heteroatoms. The predicted octanol–water partition coefficient (Wildman–Crippen LogP) is 2.84. The topological polar surface area (TPSA) is 99.1 Å². The monoisotopic (exact) mass is 405 g/mol. The van der Waals surface area contributed by atoms with Gasteiger partial charge in [0.1, 0.15) is 5.15 Å². The van der Waals surface area contributed by atoms with E-state index in [9.17, 15) is 9.59 Å². The van der Waals surface area contributed by atoms with Crippen molar-refractivity contribution >= 4 is 29.7 Å². The molecule has 0 atom stereocenters. The highest BCUT2D eigenvalue weighted by Crippen LogP contribution is 2.28. The lowest BCUT2D eigenvalue weighted by Crippen LogP contribution is -2.18. The van der Waals surface area contributed by atoms with Gasteiger partial charge in [-0.25, -0.2) is 15.2 Å². The molecule has 0 unspecified atom stereocenters. The van der Waals surface area contributed by atoms with E-state index in [1.165, 1.54) is 12.4 Å². The minimum absolute atomic E-state index is 0.0944. The van der Waals surface area contributed by atoms with E-state index in [0.29, 0.717) is 23.7 Å². The van der Waals surface area contributed by atoms with Gasteiger partial charge in [0, 0.05) is 6.20 Å². The van der Waals surface area contributed by atoms with E-state index < -0.39 is 11.9 Å². The van der Waals surface area contributed by atoms with Crippen molar-refractivity contribution in [1.29, 1.82) is 0 Å². The number of benzene rings is 1. The van der Waals surface area contributed by atoms with Gasteiger partial charge in [0.2, 0.25) is 0 Å². The van der Waals surface area contributed by atoms with Crippen molar-refractivity contribution in [3.05, 3.63) is 52.8 Å². The normalized spacial score (nSPS) is 10.5. The first-order valence-corrected chi connectivity index (χ1v) is 8.92. The van der Waals surface area contributed by atoms with E-state index in [2.05, 4.69) is 15.5 Å². The molecule has 1 aromatic heterocycles. The highest BCUT2D eigenvalue weighted by atomic mass is 35.5. The average molecular weight is 406 g/mol. The minimum Gasteiger partial charge on any atom is -0.490 e. The van der Waals surface area contributed by atoms with Gasteiger partial charge in [0.25, 0.3) is 5.91 Å². The number of aromatic nitrogens is 1. The summed E-state index contributed by atoms with van der Waals surface area (Å²) in [6.07, 6.45) is 2.93. The van der Waals surface area contributed by atoms with Crippen LogP contribution in [0.25, 0.3) is 0 Å². The standard InChI is InChI=1S/C19H20ClN3O5/c1-3-26-16-10-13(7-8-15(16)28-12-17(24)27-4-2)11-22-23-19(25)14-6-5-9-21-18(14)20/h5-11H,3-4,12H2,1-2H3,(H,23,25). The Morgan fingerprint density at radius 2 is 2.00 bits per heavy atom. The Balaban J connectivity index is 2.04. The summed E-state index contributed by atoms with van der Waals surface area (Å²) in [5, 5.41) is 4.00. The smallest absolute Gasteiger partial charge is 0.344 e. The number of esters is 1. The number of halogens is 1. The molecule has 0 aliphatic heterocycles. The van der Waals surface area contributed by atoms with Crippen molar-refractivity contribution in [2.24, 2.45) is 5.10 Å². The molecule has 1 aromatic carbocycles. The molecule has 148 valence electrons. The number of ether oxygens (including phenoxy) is 3. The molecule has 0 saturated heterocycles. The summed E-state index contributed by atoms with van der Waals surface area (Å²) in [5.74, 6) is -0.100. The van der Waals surface area contributed by atoms with Crippen molar-refractivity contribution in [3.63, 3.8) is 0 Å². The van der Waals surface area contributed by atoms with Crippen LogP contribution < -0.4 is 14.9 Å². The number of carbonyl (C=O) groups excluding carboxylic acids is 2. The molecule has 8 nitrogen and oxygen atoms in total. The molecule has 1 N–H and O–H groups in total. The number of nitrogens with one attached hydrogen (secondary N) is 1.